The topological polar surface area (TPSA) is 63.7 Å². The van der Waals surface area contributed by atoms with Crippen molar-refractivity contribution in [1.29, 1.82) is 0 Å². The molecule has 1 saturated heterocycles. The molecule has 2 aromatic rings. The highest BCUT2D eigenvalue weighted by atomic mass is 16.5. The van der Waals surface area contributed by atoms with E-state index in [1.165, 1.54) is 0 Å². The van der Waals surface area contributed by atoms with Crippen molar-refractivity contribution in [2.75, 3.05) is 32.8 Å². The summed E-state index contributed by atoms with van der Waals surface area (Å²) in [6.45, 7) is 3.37. The zero-order valence-electron chi connectivity index (χ0n) is 13.5. The molecule has 0 radical (unpaired) electrons. The van der Waals surface area contributed by atoms with Gasteiger partial charge in [0.15, 0.2) is 6.61 Å². The molecule has 0 spiro atoms. The average Bonchev–Trinajstić information content (AvgIpc) is 2.91. The molecule has 3 rings (SSSR count). The van der Waals surface area contributed by atoms with Crippen LogP contribution in [-0.2, 0) is 4.79 Å². The molecule has 1 aliphatic heterocycles. The van der Waals surface area contributed by atoms with E-state index in [1.807, 2.05) is 17.0 Å². The van der Waals surface area contributed by atoms with Gasteiger partial charge in [-0.2, -0.15) is 0 Å². The van der Waals surface area contributed by atoms with Crippen molar-refractivity contribution in [2.24, 2.45) is 0 Å². The van der Waals surface area contributed by atoms with Crippen LogP contribution in [-0.4, -0.2) is 48.6 Å². The van der Waals surface area contributed by atoms with Crippen molar-refractivity contribution in [3.8, 4) is 17.4 Å². The van der Waals surface area contributed by atoms with Gasteiger partial charge in [-0.15, -0.1) is 0 Å². The number of amides is 1. The number of pyridine rings is 1. The van der Waals surface area contributed by atoms with Crippen LogP contribution in [0.15, 0.2) is 48.7 Å². The van der Waals surface area contributed by atoms with Gasteiger partial charge in [0.25, 0.3) is 5.91 Å². The standard InChI is InChI=1S/C18H21N3O3/c22-18(21-12-3-9-19-11-13-21)14-23-15-5-7-16(8-6-15)24-17-4-1-2-10-20-17/h1-2,4-8,10,19H,3,9,11-14H2. The van der Waals surface area contributed by atoms with Crippen molar-refractivity contribution in [3.63, 3.8) is 0 Å². The summed E-state index contributed by atoms with van der Waals surface area (Å²) in [6, 6.07) is 12.7. The summed E-state index contributed by atoms with van der Waals surface area (Å²) in [5, 5.41) is 3.28. The number of aromatic nitrogens is 1. The number of carbonyl (C=O) groups excluding carboxylic acids is 1. The monoisotopic (exact) mass is 327 g/mol. The lowest BCUT2D eigenvalue weighted by Crippen LogP contribution is -2.37. The van der Waals surface area contributed by atoms with E-state index in [-0.39, 0.29) is 12.5 Å². The summed E-state index contributed by atoms with van der Waals surface area (Å²) in [6.07, 6.45) is 2.65. The quantitative estimate of drug-likeness (QED) is 0.911. The van der Waals surface area contributed by atoms with Crippen LogP contribution in [0.4, 0.5) is 0 Å². The fraction of sp³-hybridized carbons (Fsp3) is 0.333. The first-order chi connectivity index (χ1) is 11.8. The van der Waals surface area contributed by atoms with Crippen molar-refractivity contribution in [2.45, 2.75) is 6.42 Å². The molecule has 1 N–H and O–H groups in total. The lowest BCUT2D eigenvalue weighted by Gasteiger charge is -2.20. The van der Waals surface area contributed by atoms with E-state index in [0.717, 1.165) is 32.6 Å². The van der Waals surface area contributed by atoms with Crippen molar-refractivity contribution in [3.05, 3.63) is 48.7 Å². The van der Waals surface area contributed by atoms with E-state index in [1.54, 1.807) is 36.5 Å². The second-order valence-corrected chi connectivity index (χ2v) is 5.51. The Balaban J connectivity index is 1.49. The summed E-state index contributed by atoms with van der Waals surface area (Å²) >= 11 is 0. The van der Waals surface area contributed by atoms with Gasteiger partial charge in [-0.25, -0.2) is 4.98 Å². The van der Waals surface area contributed by atoms with Crippen molar-refractivity contribution >= 4 is 5.91 Å². The molecule has 126 valence electrons. The fourth-order valence-corrected chi connectivity index (χ4v) is 2.46. The van der Waals surface area contributed by atoms with Gasteiger partial charge in [0, 0.05) is 31.9 Å². The van der Waals surface area contributed by atoms with Crippen LogP contribution in [0.3, 0.4) is 0 Å². The highest BCUT2D eigenvalue weighted by Crippen LogP contribution is 2.22. The van der Waals surface area contributed by atoms with E-state index in [0.29, 0.717) is 17.4 Å². The van der Waals surface area contributed by atoms with Crippen LogP contribution in [0.25, 0.3) is 0 Å². The maximum atomic E-state index is 12.2. The fourth-order valence-electron chi connectivity index (χ4n) is 2.46. The number of ether oxygens (including phenoxy) is 2. The second kappa shape index (κ2) is 8.31. The van der Waals surface area contributed by atoms with Gasteiger partial charge < -0.3 is 19.7 Å². The lowest BCUT2D eigenvalue weighted by atomic mass is 10.3. The van der Waals surface area contributed by atoms with Gasteiger partial charge in [-0.3, -0.25) is 4.79 Å². The summed E-state index contributed by atoms with van der Waals surface area (Å²) in [5.74, 6) is 1.87. The minimum absolute atomic E-state index is 0.0208. The van der Waals surface area contributed by atoms with Gasteiger partial charge in [-0.05, 0) is 43.3 Å². The average molecular weight is 327 g/mol. The molecule has 0 atom stereocenters. The maximum Gasteiger partial charge on any atom is 0.260 e. The van der Waals surface area contributed by atoms with E-state index in [9.17, 15) is 4.79 Å². The Hall–Kier alpha value is -2.60. The Labute approximate surface area is 141 Å². The molecular weight excluding hydrogens is 306 g/mol. The first-order valence-electron chi connectivity index (χ1n) is 8.11. The smallest absolute Gasteiger partial charge is 0.260 e. The Bertz CT molecular complexity index is 638. The highest BCUT2D eigenvalue weighted by Gasteiger charge is 2.15. The molecule has 1 aromatic carbocycles. The molecule has 1 fully saturated rings. The first-order valence-corrected chi connectivity index (χ1v) is 8.11. The van der Waals surface area contributed by atoms with Crippen LogP contribution in [0.5, 0.6) is 17.4 Å². The Morgan fingerprint density at radius 3 is 2.71 bits per heavy atom. The molecule has 6 nitrogen and oxygen atoms in total. The van der Waals surface area contributed by atoms with Crippen molar-refractivity contribution in [1.82, 2.24) is 15.2 Å². The van der Waals surface area contributed by atoms with E-state index >= 15 is 0 Å². The molecule has 2 heterocycles. The van der Waals surface area contributed by atoms with Gasteiger partial charge in [0.2, 0.25) is 5.88 Å². The Morgan fingerprint density at radius 2 is 1.92 bits per heavy atom. The largest absolute Gasteiger partial charge is 0.484 e. The van der Waals surface area contributed by atoms with Crippen LogP contribution < -0.4 is 14.8 Å². The Morgan fingerprint density at radius 1 is 1.08 bits per heavy atom. The molecule has 0 saturated carbocycles. The second-order valence-electron chi connectivity index (χ2n) is 5.51. The minimum Gasteiger partial charge on any atom is -0.484 e. The molecule has 1 aromatic heterocycles. The molecule has 6 heteroatoms. The third kappa shape index (κ3) is 4.70. The number of benzene rings is 1. The number of rotatable bonds is 5. The van der Waals surface area contributed by atoms with Gasteiger partial charge >= 0.3 is 0 Å². The summed E-state index contributed by atoms with van der Waals surface area (Å²) in [7, 11) is 0. The normalized spacial score (nSPS) is 14.8. The molecular formula is C18H21N3O3. The number of hydrogen-bond acceptors (Lipinski definition) is 5. The van der Waals surface area contributed by atoms with Crippen LogP contribution in [0, 0.1) is 0 Å². The number of nitrogens with one attached hydrogen (secondary N) is 1. The molecule has 24 heavy (non-hydrogen) atoms. The van der Waals surface area contributed by atoms with Gasteiger partial charge in [0.05, 0.1) is 0 Å². The highest BCUT2D eigenvalue weighted by molar-refractivity contribution is 5.77. The zero-order chi connectivity index (χ0) is 16.6. The van der Waals surface area contributed by atoms with E-state index < -0.39 is 0 Å². The van der Waals surface area contributed by atoms with Gasteiger partial charge in [0.1, 0.15) is 11.5 Å². The van der Waals surface area contributed by atoms with Crippen molar-refractivity contribution < 1.29 is 14.3 Å². The molecule has 0 aliphatic carbocycles. The molecule has 1 aliphatic rings. The van der Waals surface area contributed by atoms with Crippen LogP contribution >= 0.6 is 0 Å². The number of nitrogens with zero attached hydrogens (tertiary/aromatic N) is 2. The number of hydrogen-bond donors (Lipinski definition) is 1. The molecule has 0 unspecified atom stereocenters. The summed E-state index contributed by atoms with van der Waals surface area (Å²) < 4.78 is 11.2. The SMILES string of the molecule is O=C(COc1ccc(Oc2ccccn2)cc1)N1CCCNCC1. The van der Waals surface area contributed by atoms with E-state index in [4.69, 9.17) is 9.47 Å². The van der Waals surface area contributed by atoms with Crippen LogP contribution in [0.1, 0.15) is 6.42 Å². The predicted octanol–water partition coefficient (Wildman–Crippen LogP) is 2.07. The number of carbonyl (C=O) groups is 1. The summed E-state index contributed by atoms with van der Waals surface area (Å²) in [5.41, 5.74) is 0. The first kappa shape index (κ1) is 16.3. The van der Waals surface area contributed by atoms with Crippen LogP contribution in [0.2, 0.25) is 0 Å². The Kier molecular flexibility index (Phi) is 5.63. The zero-order valence-corrected chi connectivity index (χ0v) is 13.5. The predicted molar refractivity (Wildman–Crippen MR) is 90.3 cm³/mol. The van der Waals surface area contributed by atoms with Gasteiger partial charge in [-0.1, -0.05) is 6.07 Å². The maximum absolute atomic E-state index is 12.2. The van der Waals surface area contributed by atoms with E-state index in [2.05, 4.69) is 10.3 Å². The minimum atomic E-state index is 0.0208. The third-order valence-corrected chi connectivity index (χ3v) is 3.74. The third-order valence-electron chi connectivity index (χ3n) is 3.74. The molecule has 0 bridgehead atoms. The molecule has 1 amide bonds. The summed E-state index contributed by atoms with van der Waals surface area (Å²) in [4.78, 5) is 18.1. The lowest BCUT2D eigenvalue weighted by molar-refractivity contribution is -0.133.